The Balaban J connectivity index is 0.000000188. The molecule has 2 amide bonds. The Morgan fingerprint density at radius 2 is 0.979 bits per heavy atom. The standard InChI is InChI=1S/2C17H15N3O3S/c2*18-9-13-14(10-4-2-1-3-5-10)19-17(24-13)20-15(21)11-6-7-12(8-11)16(22)23/h2*1-5,11-12H,6-8H2,(H,22,23)(H,19,20,21)/t11-,12+;/m0./s1. The fourth-order valence-electron chi connectivity index (χ4n) is 5.78. The molecule has 2 saturated carbocycles. The molecule has 0 radical (unpaired) electrons. The smallest absolute Gasteiger partial charge is 0.306 e. The van der Waals surface area contributed by atoms with Crippen molar-refractivity contribution >= 4 is 56.7 Å². The molecule has 14 heteroatoms. The number of rotatable bonds is 8. The number of carbonyl (C=O) groups is 4. The van der Waals surface area contributed by atoms with Gasteiger partial charge in [0.15, 0.2) is 10.3 Å². The van der Waals surface area contributed by atoms with Crippen LogP contribution in [0, 0.1) is 46.3 Å². The molecule has 4 atom stereocenters. The molecular weight excluding hydrogens is 653 g/mol. The van der Waals surface area contributed by atoms with Crippen molar-refractivity contribution in [3.63, 3.8) is 0 Å². The van der Waals surface area contributed by atoms with E-state index in [-0.39, 0.29) is 23.7 Å². The molecule has 0 saturated heterocycles. The van der Waals surface area contributed by atoms with Crippen LogP contribution in [0.25, 0.3) is 22.5 Å². The maximum atomic E-state index is 12.3. The predicted molar refractivity (Wildman–Crippen MR) is 179 cm³/mol. The Morgan fingerprint density at radius 3 is 1.29 bits per heavy atom. The second-order valence-electron chi connectivity index (χ2n) is 11.4. The number of carbonyl (C=O) groups excluding carboxylic acids is 2. The highest BCUT2D eigenvalue weighted by Crippen LogP contribution is 2.36. The Labute approximate surface area is 283 Å². The number of hydrogen-bond donors (Lipinski definition) is 4. The van der Waals surface area contributed by atoms with Crippen molar-refractivity contribution in [2.45, 2.75) is 38.5 Å². The van der Waals surface area contributed by atoms with Crippen molar-refractivity contribution in [1.29, 1.82) is 10.5 Å². The van der Waals surface area contributed by atoms with Crippen molar-refractivity contribution in [3.05, 3.63) is 70.4 Å². The van der Waals surface area contributed by atoms with E-state index in [1.54, 1.807) is 0 Å². The molecule has 2 heterocycles. The highest BCUT2D eigenvalue weighted by Gasteiger charge is 2.35. The summed E-state index contributed by atoms with van der Waals surface area (Å²) in [6, 6.07) is 22.8. The predicted octanol–water partition coefficient (Wildman–Crippen LogP) is 6.24. The van der Waals surface area contributed by atoms with Gasteiger partial charge in [-0.15, -0.1) is 0 Å². The van der Waals surface area contributed by atoms with Gasteiger partial charge < -0.3 is 20.8 Å². The van der Waals surface area contributed by atoms with Crippen LogP contribution in [0.15, 0.2) is 60.7 Å². The Kier molecular flexibility index (Phi) is 10.9. The molecule has 2 aliphatic rings. The van der Waals surface area contributed by atoms with Crippen LogP contribution >= 0.6 is 22.7 Å². The van der Waals surface area contributed by atoms with Crippen LogP contribution in [0.1, 0.15) is 48.3 Å². The number of anilines is 2. The summed E-state index contributed by atoms with van der Waals surface area (Å²) in [5.74, 6) is -3.69. The number of nitrogens with one attached hydrogen (secondary N) is 2. The summed E-state index contributed by atoms with van der Waals surface area (Å²) in [6.07, 6.45) is 2.86. The molecule has 4 N–H and O–H groups in total. The third-order valence-corrected chi connectivity index (χ3v) is 10.1. The van der Waals surface area contributed by atoms with E-state index >= 15 is 0 Å². The number of nitriles is 2. The zero-order valence-electron chi connectivity index (χ0n) is 25.5. The number of carboxylic acids is 2. The van der Waals surface area contributed by atoms with Crippen LogP contribution in [0.5, 0.6) is 0 Å². The molecule has 48 heavy (non-hydrogen) atoms. The maximum Gasteiger partial charge on any atom is 0.306 e. The lowest BCUT2D eigenvalue weighted by atomic mass is 10.0. The van der Waals surface area contributed by atoms with Gasteiger partial charge in [0.05, 0.1) is 11.8 Å². The zero-order valence-corrected chi connectivity index (χ0v) is 27.1. The second kappa shape index (κ2) is 15.4. The van der Waals surface area contributed by atoms with Crippen LogP contribution < -0.4 is 10.6 Å². The molecule has 4 aromatic rings. The Bertz CT molecular complexity index is 1760. The number of aromatic nitrogens is 2. The van der Waals surface area contributed by atoms with E-state index in [1.165, 1.54) is 0 Å². The van der Waals surface area contributed by atoms with Crippen molar-refractivity contribution < 1.29 is 29.4 Å². The van der Waals surface area contributed by atoms with E-state index in [9.17, 15) is 29.7 Å². The molecule has 2 unspecified atom stereocenters. The van der Waals surface area contributed by atoms with Gasteiger partial charge in [-0.2, -0.15) is 10.5 Å². The highest BCUT2D eigenvalue weighted by molar-refractivity contribution is 7.17. The SMILES string of the molecule is N#Cc1sc(NC(=O)C2CCC(C(=O)O)C2)nc1-c1ccccc1.N#Cc1sc(NC(=O)[C@H]2CC[C@@H](C(=O)O)C2)nc1-c1ccccc1. The molecule has 12 nitrogen and oxygen atoms in total. The van der Waals surface area contributed by atoms with E-state index in [0.717, 1.165) is 33.8 Å². The normalized spacial score (nSPS) is 19.6. The summed E-state index contributed by atoms with van der Waals surface area (Å²) >= 11 is 2.26. The number of hydrogen-bond acceptors (Lipinski definition) is 10. The summed E-state index contributed by atoms with van der Waals surface area (Å²) in [7, 11) is 0. The van der Waals surface area contributed by atoms with Crippen molar-refractivity contribution in [2.24, 2.45) is 23.7 Å². The second-order valence-corrected chi connectivity index (χ2v) is 13.4. The molecule has 2 aliphatic carbocycles. The van der Waals surface area contributed by atoms with Gasteiger partial charge >= 0.3 is 11.9 Å². The van der Waals surface area contributed by atoms with Gasteiger partial charge in [-0.25, -0.2) is 9.97 Å². The fraction of sp³-hybridized carbons (Fsp3) is 0.294. The lowest BCUT2D eigenvalue weighted by molar-refractivity contribution is -0.142. The highest BCUT2D eigenvalue weighted by atomic mass is 32.1. The van der Waals surface area contributed by atoms with Crippen LogP contribution in [-0.2, 0) is 19.2 Å². The van der Waals surface area contributed by atoms with Crippen LogP contribution in [0.4, 0.5) is 10.3 Å². The summed E-state index contributed by atoms with van der Waals surface area (Å²) in [4.78, 5) is 56.2. The minimum atomic E-state index is -0.849. The molecule has 6 rings (SSSR count). The molecular formula is C34H30N6O6S2. The number of benzene rings is 2. The molecule has 244 valence electrons. The number of amides is 2. The minimum Gasteiger partial charge on any atom is -0.481 e. The largest absolute Gasteiger partial charge is 0.481 e. The van der Waals surface area contributed by atoms with Crippen molar-refractivity contribution in [2.75, 3.05) is 10.6 Å². The fourth-order valence-corrected chi connectivity index (χ4v) is 7.36. The monoisotopic (exact) mass is 682 g/mol. The maximum absolute atomic E-state index is 12.3. The van der Waals surface area contributed by atoms with Crippen molar-refractivity contribution in [1.82, 2.24) is 9.97 Å². The molecule has 2 fully saturated rings. The lowest BCUT2D eigenvalue weighted by Gasteiger charge is -2.08. The number of aliphatic carboxylic acids is 2. The molecule has 2 aromatic heterocycles. The summed E-state index contributed by atoms with van der Waals surface area (Å²) in [5.41, 5.74) is 2.73. The molecule has 0 aliphatic heterocycles. The summed E-state index contributed by atoms with van der Waals surface area (Å²) in [6.45, 7) is 0. The Morgan fingerprint density at radius 1 is 0.625 bits per heavy atom. The first-order valence-corrected chi connectivity index (χ1v) is 16.8. The van der Waals surface area contributed by atoms with E-state index in [0.29, 0.717) is 69.9 Å². The molecule has 0 spiro atoms. The average Bonchev–Trinajstić information content (AvgIpc) is 3.92. The van der Waals surface area contributed by atoms with Gasteiger partial charge in [0.2, 0.25) is 11.8 Å². The summed E-state index contributed by atoms with van der Waals surface area (Å²) < 4.78 is 0. The molecule has 2 aromatic carbocycles. The van der Waals surface area contributed by atoms with Gasteiger partial charge in [-0.3, -0.25) is 19.2 Å². The first-order chi connectivity index (χ1) is 23.2. The van der Waals surface area contributed by atoms with E-state index < -0.39 is 23.8 Å². The van der Waals surface area contributed by atoms with Gasteiger partial charge in [-0.1, -0.05) is 83.3 Å². The zero-order chi connectivity index (χ0) is 34.2. The first kappa shape index (κ1) is 33.9. The molecule has 0 bridgehead atoms. The van der Waals surface area contributed by atoms with Gasteiger partial charge in [0.25, 0.3) is 0 Å². The van der Waals surface area contributed by atoms with Crippen molar-refractivity contribution in [3.8, 4) is 34.7 Å². The van der Waals surface area contributed by atoms with Crippen LogP contribution in [0.3, 0.4) is 0 Å². The third-order valence-electron chi connectivity index (χ3n) is 8.32. The van der Waals surface area contributed by atoms with E-state index in [1.807, 2.05) is 60.7 Å². The van der Waals surface area contributed by atoms with Gasteiger partial charge in [0.1, 0.15) is 33.3 Å². The Hall–Kier alpha value is -5.44. The quantitative estimate of drug-likeness (QED) is 0.164. The lowest BCUT2D eigenvalue weighted by Crippen LogP contribution is -2.21. The average molecular weight is 683 g/mol. The van der Waals surface area contributed by atoms with Crippen LogP contribution in [-0.4, -0.2) is 43.9 Å². The van der Waals surface area contributed by atoms with E-state index in [2.05, 4.69) is 32.7 Å². The number of nitrogens with zero attached hydrogens (tertiary/aromatic N) is 4. The number of carboxylic acid groups (broad SMARTS) is 2. The van der Waals surface area contributed by atoms with Gasteiger partial charge in [0, 0.05) is 23.0 Å². The number of thiazole rings is 2. The first-order valence-electron chi connectivity index (χ1n) is 15.2. The van der Waals surface area contributed by atoms with Crippen LogP contribution in [0.2, 0.25) is 0 Å². The van der Waals surface area contributed by atoms with Gasteiger partial charge in [-0.05, 0) is 38.5 Å². The topological polar surface area (TPSA) is 206 Å². The van der Waals surface area contributed by atoms with E-state index in [4.69, 9.17) is 10.2 Å². The minimum absolute atomic E-state index is 0.225. The summed E-state index contributed by atoms with van der Waals surface area (Å²) in [5, 5.41) is 42.8. The third kappa shape index (κ3) is 8.09.